The van der Waals surface area contributed by atoms with Gasteiger partial charge in [0.15, 0.2) is 0 Å². The molecule has 0 bridgehead atoms. The van der Waals surface area contributed by atoms with Crippen LogP contribution < -0.4 is 0 Å². The maximum atomic E-state index is 14.4. The number of carbonyl (C=O) groups is 2. The van der Waals surface area contributed by atoms with Gasteiger partial charge in [-0.15, -0.1) is 0 Å². The summed E-state index contributed by atoms with van der Waals surface area (Å²) in [5.74, 6) is -3.16. The van der Waals surface area contributed by atoms with Crippen molar-refractivity contribution in [3.63, 3.8) is 0 Å². The number of halogens is 3. The Kier molecular flexibility index (Phi) is 6.03. The zero-order valence-corrected chi connectivity index (χ0v) is 18.8. The highest BCUT2D eigenvalue weighted by atomic mass is 19.1. The van der Waals surface area contributed by atoms with Crippen LogP contribution >= 0.6 is 0 Å². The minimum Gasteiger partial charge on any atom is -0.335 e. The van der Waals surface area contributed by atoms with Crippen molar-refractivity contribution in [3.05, 3.63) is 107 Å². The molecule has 178 valence electrons. The topological polar surface area (TPSA) is 45.6 Å². The summed E-state index contributed by atoms with van der Waals surface area (Å²) in [7, 11) is 0. The average Bonchev–Trinajstić information content (AvgIpc) is 3.23. The lowest BCUT2D eigenvalue weighted by atomic mass is 10.1. The number of hydrogen-bond donors (Lipinski definition) is 0. The lowest BCUT2D eigenvalue weighted by Gasteiger charge is -2.35. The number of carbonyl (C=O) groups excluding carboxylic acids is 2. The molecule has 2 heterocycles. The van der Waals surface area contributed by atoms with Crippen LogP contribution in [-0.2, 0) is 6.54 Å². The smallest absolute Gasteiger partial charge is 0.270 e. The number of piperazine rings is 1. The third-order valence-corrected chi connectivity index (χ3v) is 6.35. The molecule has 1 aromatic heterocycles. The van der Waals surface area contributed by atoms with Gasteiger partial charge in [-0.2, -0.15) is 0 Å². The lowest BCUT2D eigenvalue weighted by molar-refractivity contribution is 0.0524. The van der Waals surface area contributed by atoms with Crippen molar-refractivity contribution in [2.45, 2.75) is 6.54 Å². The molecule has 35 heavy (non-hydrogen) atoms. The van der Waals surface area contributed by atoms with Gasteiger partial charge in [0.1, 0.15) is 28.7 Å². The molecule has 0 radical (unpaired) electrons. The van der Waals surface area contributed by atoms with E-state index in [1.54, 1.807) is 33.7 Å². The quantitative estimate of drug-likeness (QED) is 0.428. The summed E-state index contributed by atoms with van der Waals surface area (Å²) in [6, 6.07) is 19.0. The summed E-state index contributed by atoms with van der Waals surface area (Å²) in [5.41, 5.74) is 1.10. The average molecular weight is 477 g/mol. The van der Waals surface area contributed by atoms with E-state index in [9.17, 15) is 22.8 Å². The lowest BCUT2D eigenvalue weighted by Crippen LogP contribution is -2.51. The molecular weight excluding hydrogens is 455 g/mol. The van der Waals surface area contributed by atoms with Crippen LogP contribution in [0.15, 0.2) is 72.8 Å². The number of amides is 2. The van der Waals surface area contributed by atoms with E-state index in [0.717, 1.165) is 23.0 Å². The van der Waals surface area contributed by atoms with E-state index in [4.69, 9.17) is 0 Å². The van der Waals surface area contributed by atoms with Crippen LogP contribution in [0.5, 0.6) is 0 Å². The van der Waals surface area contributed by atoms with Gasteiger partial charge in [-0.05, 0) is 30.3 Å². The van der Waals surface area contributed by atoms with Crippen molar-refractivity contribution in [1.82, 2.24) is 14.4 Å². The molecule has 5 rings (SSSR count). The van der Waals surface area contributed by atoms with E-state index in [0.29, 0.717) is 11.3 Å². The maximum Gasteiger partial charge on any atom is 0.270 e. The van der Waals surface area contributed by atoms with Crippen molar-refractivity contribution in [2.75, 3.05) is 26.2 Å². The van der Waals surface area contributed by atoms with Gasteiger partial charge in [-0.1, -0.05) is 42.5 Å². The largest absolute Gasteiger partial charge is 0.335 e. The number of nitrogens with zero attached hydrogens (tertiary/aromatic N) is 3. The van der Waals surface area contributed by atoms with Crippen LogP contribution in [0.4, 0.5) is 13.2 Å². The van der Waals surface area contributed by atoms with E-state index in [-0.39, 0.29) is 44.4 Å². The first kappa shape index (κ1) is 22.7. The minimum absolute atomic E-state index is 0.145. The molecule has 4 aromatic rings. The zero-order valence-electron chi connectivity index (χ0n) is 18.8. The summed E-state index contributed by atoms with van der Waals surface area (Å²) < 4.78 is 44.3. The summed E-state index contributed by atoms with van der Waals surface area (Å²) >= 11 is 0. The maximum absolute atomic E-state index is 14.4. The monoisotopic (exact) mass is 477 g/mol. The number of fused-ring (bicyclic) bond motifs is 1. The van der Waals surface area contributed by atoms with Gasteiger partial charge in [0.2, 0.25) is 0 Å². The first-order valence-corrected chi connectivity index (χ1v) is 11.3. The zero-order chi connectivity index (χ0) is 24.5. The van der Waals surface area contributed by atoms with Crippen LogP contribution in [-0.4, -0.2) is 52.4 Å². The van der Waals surface area contributed by atoms with Crippen molar-refractivity contribution >= 4 is 22.7 Å². The fourth-order valence-corrected chi connectivity index (χ4v) is 4.49. The Labute approximate surface area is 200 Å². The summed E-state index contributed by atoms with van der Waals surface area (Å²) in [4.78, 5) is 29.2. The standard InChI is InChI=1S/C27H22F3N3O2/c28-20-8-3-1-7-19(20)17-33-23-11-4-2-6-18(23)16-24(33)26(34)31-12-14-32(15-13-31)27(35)25-21(29)9-5-10-22(25)30/h1-11,16H,12-15,17H2. The molecule has 3 aromatic carbocycles. The van der Waals surface area contributed by atoms with Crippen molar-refractivity contribution in [1.29, 1.82) is 0 Å². The molecular formula is C27H22F3N3O2. The third kappa shape index (κ3) is 4.27. The molecule has 0 unspecified atom stereocenters. The Morgan fingerprint density at radius 2 is 1.26 bits per heavy atom. The SMILES string of the molecule is O=C(c1c(F)cccc1F)N1CCN(C(=O)c2cc3ccccc3n2Cc2ccccc2F)CC1. The van der Waals surface area contributed by atoms with Crippen molar-refractivity contribution in [3.8, 4) is 0 Å². The molecule has 0 N–H and O–H groups in total. The molecule has 1 saturated heterocycles. The normalized spacial score (nSPS) is 13.9. The second-order valence-corrected chi connectivity index (χ2v) is 8.45. The van der Waals surface area contributed by atoms with Gasteiger partial charge in [-0.25, -0.2) is 13.2 Å². The number of benzene rings is 3. The van der Waals surface area contributed by atoms with Crippen LogP contribution in [0.1, 0.15) is 26.4 Å². The van der Waals surface area contributed by atoms with E-state index < -0.39 is 23.1 Å². The second-order valence-electron chi connectivity index (χ2n) is 8.45. The van der Waals surface area contributed by atoms with Gasteiger partial charge in [0.25, 0.3) is 11.8 Å². The van der Waals surface area contributed by atoms with Gasteiger partial charge < -0.3 is 14.4 Å². The number of para-hydroxylation sites is 1. The van der Waals surface area contributed by atoms with Crippen molar-refractivity contribution in [2.24, 2.45) is 0 Å². The summed E-state index contributed by atoms with van der Waals surface area (Å²) in [6.45, 7) is 0.897. The Morgan fingerprint density at radius 1 is 0.686 bits per heavy atom. The number of rotatable bonds is 4. The third-order valence-electron chi connectivity index (χ3n) is 6.35. The molecule has 8 heteroatoms. The Bertz CT molecular complexity index is 1400. The van der Waals surface area contributed by atoms with E-state index in [1.807, 2.05) is 24.3 Å². The predicted molar refractivity (Wildman–Crippen MR) is 126 cm³/mol. The van der Waals surface area contributed by atoms with E-state index in [1.165, 1.54) is 17.0 Å². The highest BCUT2D eigenvalue weighted by Gasteiger charge is 2.30. The van der Waals surface area contributed by atoms with E-state index >= 15 is 0 Å². The highest BCUT2D eigenvalue weighted by molar-refractivity contribution is 5.99. The van der Waals surface area contributed by atoms with Crippen LogP contribution in [0.25, 0.3) is 10.9 Å². The first-order valence-electron chi connectivity index (χ1n) is 11.3. The molecule has 1 fully saturated rings. The fraction of sp³-hybridized carbons (Fsp3) is 0.185. The molecule has 1 aliphatic heterocycles. The Balaban J connectivity index is 1.38. The number of hydrogen-bond acceptors (Lipinski definition) is 2. The second kappa shape index (κ2) is 9.29. The highest BCUT2D eigenvalue weighted by Crippen LogP contribution is 2.24. The Morgan fingerprint density at radius 3 is 1.94 bits per heavy atom. The molecule has 0 atom stereocenters. The van der Waals surface area contributed by atoms with Gasteiger partial charge >= 0.3 is 0 Å². The van der Waals surface area contributed by atoms with Crippen LogP contribution in [0, 0.1) is 17.5 Å². The molecule has 0 aliphatic carbocycles. The molecule has 5 nitrogen and oxygen atoms in total. The van der Waals surface area contributed by atoms with Crippen LogP contribution in [0.3, 0.4) is 0 Å². The summed E-state index contributed by atoms with van der Waals surface area (Å²) in [5, 5.41) is 0.857. The molecule has 2 amide bonds. The van der Waals surface area contributed by atoms with Gasteiger partial charge in [-0.3, -0.25) is 9.59 Å². The van der Waals surface area contributed by atoms with E-state index in [2.05, 4.69) is 0 Å². The first-order chi connectivity index (χ1) is 16.9. The predicted octanol–water partition coefficient (Wildman–Crippen LogP) is 4.71. The molecule has 0 spiro atoms. The van der Waals surface area contributed by atoms with Gasteiger partial charge in [0.05, 0.1) is 6.54 Å². The minimum atomic E-state index is -0.911. The number of aromatic nitrogens is 1. The van der Waals surface area contributed by atoms with Gasteiger partial charge in [0, 0.05) is 42.6 Å². The van der Waals surface area contributed by atoms with Crippen molar-refractivity contribution < 1.29 is 22.8 Å². The molecule has 0 saturated carbocycles. The van der Waals surface area contributed by atoms with Crippen LogP contribution in [0.2, 0.25) is 0 Å². The fourth-order valence-electron chi connectivity index (χ4n) is 4.49. The molecule has 1 aliphatic rings. The summed E-state index contributed by atoms with van der Waals surface area (Å²) in [6.07, 6.45) is 0. The Hall–Kier alpha value is -4.07.